The lowest BCUT2D eigenvalue weighted by molar-refractivity contribution is -0.111. The quantitative estimate of drug-likeness (QED) is 0.404. The molecular weight excluding hydrogens is 390 g/mol. The van der Waals surface area contributed by atoms with Crippen LogP contribution in [-0.4, -0.2) is 18.5 Å². The van der Waals surface area contributed by atoms with Gasteiger partial charge in [0.25, 0.3) is 0 Å². The average molecular weight is 412 g/mol. The molecule has 144 valence electrons. The van der Waals surface area contributed by atoms with Crippen LogP contribution in [0.2, 0.25) is 0 Å². The van der Waals surface area contributed by atoms with E-state index in [1.54, 1.807) is 24.3 Å². The Morgan fingerprint density at radius 1 is 1.14 bits per heavy atom. The second kappa shape index (κ2) is 8.99. The number of hydrogen-bond acceptors (Lipinski definition) is 5. The third-order valence-electron chi connectivity index (χ3n) is 4.07. The number of thiophene rings is 2. The van der Waals surface area contributed by atoms with Gasteiger partial charge in [-0.05, 0) is 43.9 Å². The summed E-state index contributed by atoms with van der Waals surface area (Å²) in [6, 6.07) is 11.8. The van der Waals surface area contributed by atoms with Gasteiger partial charge in [-0.2, -0.15) is 0 Å². The zero-order valence-electron chi connectivity index (χ0n) is 15.9. The number of amides is 1. The number of anilines is 1. The summed E-state index contributed by atoms with van der Waals surface area (Å²) in [7, 11) is 0. The van der Waals surface area contributed by atoms with Gasteiger partial charge in [0.15, 0.2) is 0 Å². The van der Waals surface area contributed by atoms with Crippen LogP contribution in [0.1, 0.15) is 33.3 Å². The van der Waals surface area contributed by atoms with E-state index in [1.165, 1.54) is 17.4 Å². The van der Waals surface area contributed by atoms with Crippen LogP contribution in [0.5, 0.6) is 0 Å². The lowest BCUT2D eigenvalue weighted by Crippen LogP contribution is -2.12. The summed E-state index contributed by atoms with van der Waals surface area (Å²) in [6.07, 6.45) is 3.22. The van der Waals surface area contributed by atoms with Crippen molar-refractivity contribution in [3.05, 3.63) is 69.4 Å². The van der Waals surface area contributed by atoms with E-state index < -0.39 is 5.97 Å². The normalized spacial score (nSPS) is 11.0. The Bertz CT molecular complexity index is 999. The van der Waals surface area contributed by atoms with Crippen molar-refractivity contribution in [2.45, 2.75) is 20.8 Å². The first kappa shape index (κ1) is 20.0. The third kappa shape index (κ3) is 4.58. The van der Waals surface area contributed by atoms with Gasteiger partial charge in [-0.25, -0.2) is 4.79 Å². The van der Waals surface area contributed by atoms with Gasteiger partial charge in [0.2, 0.25) is 5.91 Å². The predicted octanol–water partition coefficient (Wildman–Crippen LogP) is 5.92. The van der Waals surface area contributed by atoms with Gasteiger partial charge >= 0.3 is 5.97 Å². The van der Waals surface area contributed by atoms with Crippen LogP contribution in [0, 0.1) is 13.8 Å². The maximum absolute atomic E-state index is 12.6. The first-order valence-corrected chi connectivity index (χ1v) is 10.6. The number of nitrogens with one attached hydrogen (secondary N) is 1. The fraction of sp³-hybridized carbons (Fsp3) is 0.182. The molecule has 0 saturated heterocycles. The molecule has 0 spiro atoms. The van der Waals surface area contributed by atoms with Crippen LogP contribution in [0.25, 0.3) is 16.5 Å². The molecule has 0 aliphatic rings. The largest absolute Gasteiger partial charge is 0.462 e. The van der Waals surface area contributed by atoms with Gasteiger partial charge in [-0.1, -0.05) is 35.9 Å². The summed E-state index contributed by atoms with van der Waals surface area (Å²) in [5, 5.41) is 5.33. The van der Waals surface area contributed by atoms with E-state index in [1.807, 2.05) is 55.6 Å². The Labute approximate surface area is 172 Å². The molecule has 0 saturated carbocycles. The summed E-state index contributed by atoms with van der Waals surface area (Å²) in [4.78, 5) is 27.0. The minimum absolute atomic E-state index is 0.276. The highest BCUT2D eigenvalue weighted by atomic mass is 32.1. The number of carbonyl (C=O) groups excluding carboxylic acids is 2. The van der Waals surface area contributed by atoms with Crippen molar-refractivity contribution in [2.24, 2.45) is 0 Å². The summed E-state index contributed by atoms with van der Waals surface area (Å²) in [6.45, 7) is 6.00. The highest BCUT2D eigenvalue weighted by Crippen LogP contribution is 2.42. The summed E-state index contributed by atoms with van der Waals surface area (Å²) in [5.41, 5.74) is 3.35. The Balaban J connectivity index is 1.88. The molecular formula is C22H21NO3S2. The molecule has 0 aliphatic heterocycles. The number of benzene rings is 1. The second-order valence-corrected chi connectivity index (χ2v) is 8.34. The van der Waals surface area contributed by atoms with Crippen LogP contribution in [0.3, 0.4) is 0 Å². The van der Waals surface area contributed by atoms with E-state index >= 15 is 0 Å². The molecule has 3 aromatic rings. The van der Waals surface area contributed by atoms with Crippen LogP contribution in [-0.2, 0) is 9.53 Å². The molecule has 0 fully saturated rings. The number of carbonyl (C=O) groups is 2. The molecule has 0 aliphatic carbocycles. The lowest BCUT2D eigenvalue weighted by atomic mass is 10.1. The van der Waals surface area contributed by atoms with E-state index in [-0.39, 0.29) is 12.5 Å². The summed E-state index contributed by atoms with van der Waals surface area (Å²) >= 11 is 2.94. The van der Waals surface area contributed by atoms with E-state index in [0.29, 0.717) is 10.6 Å². The van der Waals surface area contributed by atoms with Crippen molar-refractivity contribution in [1.82, 2.24) is 0 Å². The Morgan fingerprint density at radius 2 is 1.89 bits per heavy atom. The van der Waals surface area contributed by atoms with Crippen molar-refractivity contribution in [2.75, 3.05) is 11.9 Å². The molecule has 1 amide bonds. The minimum Gasteiger partial charge on any atom is -0.462 e. The summed E-state index contributed by atoms with van der Waals surface area (Å²) in [5.74, 6) is -0.710. The van der Waals surface area contributed by atoms with Gasteiger partial charge in [0.05, 0.1) is 6.61 Å². The first-order valence-electron chi connectivity index (χ1n) is 8.89. The number of esters is 1. The van der Waals surface area contributed by atoms with Crippen molar-refractivity contribution in [3.63, 3.8) is 0 Å². The molecule has 0 bridgehead atoms. The molecule has 1 N–H and O–H groups in total. The zero-order valence-corrected chi connectivity index (χ0v) is 17.6. The van der Waals surface area contributed by atoms with E-state index in [4.69, 9.17) is 4.74 Å². The zero-order chi connectivity index (χ0) is 20.1. The smallest absolute Gasteiger partial charge is 0.341 e. The standard InChI is InChI=1S/C22H21NO3S2/c1-4-26-22(25)20-19(17-6-5-13-27-17)15(3)28-21(20)23-18(24)12-11-16-9-7-14(2)8-10-16/h5-13H,4H2,1-3H3,(H,23,24)/b12-11+. The number of aryl methyl sites for hydroxylation is 2. The van der Waals surface area contributed by atoms with Gasteiger partial charge in [-0.15, -0.1) is 22.7 Å². The monoisotopic (exact) mass is 411 g/mol. The van der Waals surface area contributed by atoms with Crippen molar-refractivity contribution in [1.29, 1.82) is 0 Å². The molecule has 0 atom stereocenters. The van der Waals surface area contributed by atoms with Crippen LogP contribution >= 0.6 is 22.7 Å². The van der Waals surface area contributed by atoms with Crippen LogP contribution < -0.4 is 5.32 Å². The molecule has 1 aromatic carbocycles. The van der Waals surface area contributed by atoms with Crippen LogP contribution in [0.15, 0.2) is 47.9 Å². The summed E-state index contributed by atoms with van der Waals surface area (Å²) < 4.78 is 5.25. The predicted molar refractivity (Wildman–Crippen MR) is 117 cm³/mol. The molecule has 3 rings (SSSR count). The fourth-order valence-corrected chi connectivity index (χ4v) is 4.71. The van der Waals surface area contributed by atoms with Gasteiger partial charge in [0.1, 0.15) is 10.6 Å². The first-order chi connectivity index (χ1) is 13.5. The van der Waals surface area contributed by atoms with E-state index in [2.05, 4.69) is 5.32 Å². The Morgan fingerprint density at radius 3 is 2.54 bits per heavy atom. The highest BCUT2D eigenvalue weighted by Gasteiger charge is 2.25. The molecule has 4 nitrogen and oxygen atoms in total. The average Bonchev–Trinajstić information content (AvgIpc) is 3.29. The molecule has 2 heterocycles. The topological polar surface area (TPSA) is 55.4 Å². The molecule has 6 heteroatoms. The number of ether oxygens (including phenoxy) is 1. The van der Waals surface area contributed by atoms with Crippen molar-refractivity contribution < 1.29 is 14.3 Å². The second-order valence-electron chi connectivity index (χ2n) is 6.17. The highest BCUT2D eigenvalue weighted by molar-refractivity contribution is 7.18. The fourth-order valence-electron chi connectivity index (χ4n) is 2.75. The van der Waals surface area contributed by atoms with Gasteiger partial charge < -0.3 is 10.1 Å². The molecule has 0 radical (unpaired) electrons. The minimum atomic E-state index is -0.423. The van der Waals surface area contributed by atoms with Crippen molar-refractivity contribution in [3.8, 4) is 10.4 Å². The number of rotatable bonds is 6. The number of hydrogen-bond donors (Lipinski definition) is 1. The Hall–Kier alpha value is -2.70. The Kier molecular flexibility index (Phi) is 6.44. The van der Waals surface area contributed by atoms with Crippen molar-refractivity contribution >= 4 is 45.6 Å². The van der Waals surface area contributed by atoms with Gasteiger partial charge in [0, 0.05) is 21.4 Å². The molecule has 0 unspecified atom stereocenters. The molecule has 2 aromatic heterocycles. The van der Waals surface area contributed by atoms with E-state index in [9.17, 15) is 9.59 Å². The van der Waals surface area contributed by atoms with E-state index in [0.717, 1.165) is 26.4 Å². The lowest BCUT2D eigenvalue weighted by Gasteiger charge is -2.07. The maximum atomic E-state index is 12.6. The maximum Gasteiger partial charge on any atom is 0.341 e. The molecule has 28 heavy (non-hydrogen) atoms. The third-order valence-corrected chi connectivity index (χ3v) is 5.98. The SMILES string of the molecule is CCOC(=O)c1c(NC(=O)/C=C/c2ccc(C)cc2)sc(C)c1-c1cccs1. The van der Waals surface area contributed by atoms with Gasteiger partial charge in [-0.3, -0.25) is 4.79 Å². The van der Waals surface area contributed by atoms with Crippen LogP contribution in [0.4, 0.5) is 5.00 Å².